The highest BCUT2D eigenvalue weighted by atomic mass is 16.1. The summed E-state index contributed by atoms with van der Waals surface area (Å²) >= 11 is 0. The summed E-state index contributed by atoms with van der Waals surface area (Å²) in [6.45, 7) is 2.79. The molecule has 0 spiro atoms. The average Bonchev–Trinajstić information content (AvgIpc) is 2.97. The van der Waals surface area contributed by atoms with E-state index in [0.29, 0.717) is 13.0 Å². The molecular formula is C13H24N2O. The second-order valence-electron chi connectivity index (χ2n) is 6.05. The molecule has 0 heterocycles. The van der Waals surface area contributed by atoms with Crippen LogP contribution in [-0.4, -0.2) is 18.0 Å². The summed E-state index contributed by atoms with van der Waals surface area (Å²) in [4.78, 5) is 12.0. The average molecular weight is 224 g/mol. The second kappa shape index (κ2) is 4.36. The number of carbonyl (C=O) groups is 1. The van der Waals surface area contributed by atoms with Crippen LogP contribution in [0.3, 0.4) is 0 Å². The van der Waals surface area contributed by atoms with Gasteiger partial charge in [0.2, 0.25) is 5.91 Å². The third-order valence-corrected chi connectivity index (χ3v) is 4.32. The standard InChI is InChI=1S/C13H24N2O/c1-12(7-8-12)15-11(16)9-13(10-14)5-3-2-4-6-13/h2-10,14H2,1H3,(H,15,16). The highest BCUT2D eigenvalue weighted by Gasteiger charge is 2.40. The van der Waals surface area contributed by atoms with Crippen molar-refractivity contribution in [3.63, 3.8) is 0 Å². The monoisotopic (exact) mass is 224 g/mol. The second-order valence-corrected chi connectivity index (χ2v) is 6.05. The van der Waals surface area contributed by atoms with Gasteiger partial charge in [-0.1, -0.05) is 19.3 Å². The predicted octanol–water partition coefficient (Wildman–Crippen LogP) is 1.95. The molecule has 2 saturated carbocycles. The fourth-order valence-corrected chi connectivity index (χ4v) is 2.79. The van der Waals surface area contributed by atoms with Gasteiger partial charge in [0.25, 0.3) is 0 Å². The van der Waals surface area contributed by atoms with Crippen LogP contribution in [0.5, 0.6) is 0 Å². The van der Waals surface area contributed by atoms with Crippen LogP contribution in [-0.2, 0) is 4.79 Å². The summed E-state index contributed by atoms with van der Waals surface area (Å²) < 4.78 is 0. The molecule has 0 unspecified atom stereocenters. The molecule has 0 aromatic carbocycles. The molecule has 2 fully saturated rings. The molecule has 92 valence electrons. The van der Waals surface area contributed by atoms with Crippen LogP contribution >= 0.6 is 0 Å². The van der Waals surface area contributed by atoms with E-state index in [9.17, 15) is 4.79 Å². The molecule has 2 aliphatic carbocycles. The van der Waals surface area contributed by atoms with Gasteiger partial charge in [0.05, 0.1) is 0 Å². The van der Waals surface area contributed by atoms with Crippen LogP contribution in [0, 0.1) is 5.41 Å². The Morgan fingerprint density at radius 3 is 2.31 bits per heavy atom. The zero-order valence-electron chi connectivity index (χ0n) is 10.3. The molecule has 3 N–H and O–H groups in total. The molecule has 0 saturated heterocycles. The molecule has 1 amide bonds. The van der Waals surface area contributed by atoms with Crippen LogP contribution < -0.4 is 11.1 Å². The number of amides is 1. The van der Waals surface area contributed by atoms with Crippen LogP contribution in [0.4, 0.5) is 0 Å². The highest BCUT2D eigenvalue weighted by Crippen LogP contribution is 2.39. The summed E-state index contributed by atoms with van der Waals surface area (Å²) in [6.07, 6.45) is 8.95. The summed E-state index contributed by atoms with van der Waals surface area (Å²) in [6, 6.07) is 0. The normalized spacial score (nSPS) is 26.1. The van der Waals surface area contributed by atoms with E-state index in [1.54, 1.807) is 0 Å². The minimum absolute atomic E-state index is 0.105. The van der Waals surface area contributed by atoms with Crippen molar-refractivity contribution in [2.75, 3.05) is 6.54 Å². The first-order valence-corrected chi connectivity index (χ1v) is 6.59. The van der Waals surface area contributed by atoms with Gasteiger partial charge in [-0.2, -0.15) is 0 Å². The largest absolute Gasteiger partial charge is 0.351 e. The van der Waals surface area contributed by atoms with E-state index in [1.807, 2.05) is 0 Å². The lowest BCUT2D eigenvalue weighted by Gasteiger charge is -2.36. The quantitative estimate of drug-likeness (QED) is 0.767. The number of nitrogens with two attached hydrogens (primary N) is 1. The van der Waals surface area contributed by atoms with Gasteiger partial charge in [-0.25, -0.2) is 0 Å². The van der Waals surface area contributed by atoms with Gasteiger partial charge in [-0.3, -0.25) is 4.79 Å². The molecule has 0 aromatic rings. The van der Waals surface area contributed by atoms with E-state index in [2.05, 4.69) is 12.2 Å². The Balaban J connectivity index is 1.87. The van der Waals surface area contributed by atoms with E-state index in [4.69, 9.17) is 5.73 Å². The molecule has 2 aliphatic rings. The maximum absolute atomic E-state index is 12.0. The summed E-state index contributed by atoms with van der Waals surface area (Å²) in [5, 5.41) is 3.14. The minimum atomic E-state index is 0.105. The van der Waals surface area contributed by atoms with Crippen molar-refractivity contribution < 1.29 is 4.79 Å². The third-order valence-electron chi connectivity index (χ3n) is 4.32. The molecule has 0 bridgehead atoms. The number of hydrogen-bond donors (Lipinski definition) is 2. The van der Waals surface area contributed by atoms with Crippen LogP contribution in [0.15, 0.2) is 0 Å². The Morgan fingerprint density at radius 2 is 1.81 bits per heavy atom. The van der Waals surface area contributed by atoms with E-state index < -0.39 is 0 Å². The molecule has 3 nitrogen and oxygen atoms in total. The van der Waals surface area contributed by atoms with Crippen molar-refractivity contribution in [3.05, 3.63) is 0 Å². The predicted molar refractivity (Wildman–Crippen MR) is 65.0 cm³/mol. The zero-order chi connectivity index (χ0) is 11.6. The molecule has 2 rings (SSSR count). The highest BCUT2D eigenvalue weighted by molar-refractivity contribution is 5.78. The summed E-state index contributed by atoms with van der Waals surface area (Å²) in [5.74, 6) is 0.215. The maximum atomic E-state index is 12.0. The van der Waals surface area contributed by atoms with Gasteiger partial charge in [0.15, 0.2) is 0 Å². The van der Waals surface area contributed by atoms with Crippen molar-refractivity contribution in [1.29, 1.82) is 0 Å². The lowest BCUT2D eigenvalue weighted by atomic mass is 9.71. The Kier molecular flexibility index (Phi) is 3.24. The number of hydrogen-bond acceptors (Lipinski definition) is 2. The van der Waals surface area contributed by atoms with Crippen LogP contribution in [0.2, 0.25) is 0 Å². The Labute approximate surface area is 98.2 Å². The zero-order valence-corrected chi connectivity index (χ0v) is 10.3. The molecular weight excluding hydrogens is 200 g/mol. The summed E-state index contributed by atoms with van der Waals surface area (Å²) in [7, 11) is 0. The fourth-order valence-electron chi connectivity index (χ4n) is 2.79. The van der Waals surface area contributed by atoms with Crippen molar-refractivity contribution in [1.82, 2.24) is 5.32 Å². The minimum Gasteiger partial charge on any atom is -0.351 e. The van der Waals surface area contributed by atoms with Gasteiger partial charge >= 0.3 is 0 Å². The SMILES string of the molecule is CC1(NC(=O)CC2(CN)CCCCC2)CC1. The van der Waals surface area contributed by atoms with Gasteiger partial charge in [-0.15, -0.1) is 0 Å². The molecule has 0 atom stereocenters. The third kappa shape index (κ3) is 2.76. The molecule has 0 aliphatic heterocycles. The number of rotatable bonds is 4. The Hall–Kier alpha value is -0.570. The van der Waals surface area contributed by atoms with Crippen molar-refractivity contribution in [3.8, 4) is 0 Å². The summed E-state index contributed by atoms with van der Waals surface area (Å²) in [5.41, 5.74) is 6.10. The van der Waals surface area contributed by atoms with E-state index >= 15 is 0 Å². The van der Waals surface area contributed by atoms with E-state index in [-0.39, 0.29) is 16.9 Å². The van der Waals surface area contributed by atoms with E-state index in [1.165, 1.54) is 19.3 Å². The first-order valence-electron chi connectivity index (χ1n) is 6.59. The van der Waals surface area contributed by atoms with Crippen molar-refractivity contribution in [2.24, 2.45) is 11.1 Å². The molecule has 0 aromatic heterocycles. The number of carbonyl (C=O) groups excluding carboxylic acids is 1. The Bertz CT molecular complexity index is 265. The maximum Gasteiger partial charge on any atom is 0.221 e. The van der Waals surface area contributed by atoms with Crippen LogP contribution in [0.25, 0.3) is 0 Å². The lowest BCUT2D eigenvalue weighted by Crippen LogP contribution is -2.41. The van der Waals surface area contributed by atoms with E-state index in [0.717, 1.165) is 25.7 Å². The van der Waals surface area contributed by atoms with Crippen molar-refractivity contribution >= 4 is 5.91 Å². The first kappa shape index (κ1) is 11.9. The van der Waals surface area contributed by atoms with Crippen LogP contribution in [0.1, 0.15) is 58.3 Å². The van der Waals surface area contributed by atoms with Crippen molar-refractivity contribution in [2.45, 2.75) is 63.8 Å². The van der Waals surface area contributed by atoms with Gasteiger partial charge in [0.1, 0.15) is 0 Å². The Morgan fingerprint density at radius 1 is 1.19 bits per heavy atom. The molecule has 3 heteroatoms. The first-order chi connectivity index (χ1) is 7.58. The fraction of sp³-hybridized carbons (Fsp3) is 0.923. The van der Waals surface area contributed by atoms with Gasteiger partial charge < -0.3 is 11.1 Å². The number of nitrogens with one attached hydrogen (secondary N) is 1. The van der Waals surface area contributed by atoms with Gasteiger partial charge in [-0.05, 0) is 44.6 Å². The smallest absolute Gasteiger partial charge is 0.221 e. The molecule has 16 heavy (non-hydrogen) atoms. The lowest BCUT2D eigenvalue weighted by molar-refractivity contribution is -0.124. The topological polar surface area (TPSA) is 55.1 Å². The molecule has 0 radical (unpaired) electrons. The van der Waals surface area contributed by atoms with Gasteiger partial charge in [0, 0.05) is 12.0 Å².